The van der Waals surface area contributed by atoms with Crippen molar-refractivity contribution in [1.29, 1.82) is 0 Å². The number of hydrogen-bond donors (Lipinski definition) is 0. The van der Waals surface area contributed by atoms with Crippen LogP contribution in [0.15, 0.2) is 41.6 Å². The maximum Gasteiger partial charge on any atom is 0.233 e. The number of likely N-dealkylation sites (tertiary alicyclic amines) is 1. The largest absolute Gasteiger partial charge is 0.497 e. The highest BCUT2D eigenvalue weighted by Gasteiger charge is 2.18. The molecule has 1 amide bonds. The third-order valence-electron chi connectivity index (χ3n) is 4.65. The second-order valence-electron chi connectivity index (χ2n) is 6.43. The molecule has 3 aromatic rings. The third-order valence-corrected chi connectivity index (χ3v) is 5.56. The molecule has 1 aliphatic heterocycles. The molecule has 0 unspecified atom stereocenters. The summed E-state index contributed by atoms with van der Waals surface area (Å²) in [6.45, 7) is 1.72. The Morgan fingerprint density at radius 1 is 1.07 bits per heavy atom. The van der Waals surface area contributed by atoms with Gasteiger partial charge in [0.2, 0.25) is 11.1 Å². The zero-order valence-electron chi connectivity index (χ0n) is 15.2. The molecule has 27 heavy (non-hydrogen) atoms. The van der Waals surface area contributed by atoms with Crippen molar-refractivity contribution < 1.29 is 9.53 Å². The fourth-order valence-electron chi connectivity index (χ4n) is 3.14. The van der Waals surface area contributed by atoms with Crippen LogP contribution in [0, 0.1) is 0 Å². The summed E-state index contributed by atoms with van der Waals surface area (Å²) in [7, 11) is 1.64. The van der Waals surface area contributed by atoms with Gasteiger partial charge in [-0.25, -0.2) is 0 Å². The molecule has 8 heteroatoms. The minimum absolute atomic E-state index is 0.155. The molecule has 1 fully saturated rings. The van der Waals surface area contributed by atoms with Gasteiger partial charge in [-0.1, -0.05) is 11.8 Å². The molecule has 1 aliphatic rings. The number of carbonyl (C=O) groups excluding carboxylic acids is 1. The SMILES string of the molecule is COc1ccc(-c2ccc3nnc(SCC(=O)N4CCCCC4)n3n2)cc1. The van der Waals surface area contributed by atoms with E-state index in [4.69, 9.17) is 4.74 Å². The van der Waals surface area contributed by atoms with Gasteiger partial charge in [0.1, 0.15) is 5.75 Å². The molecular weight excluding hydrogens is 362 g/mol. The number of amides is 1. The lowest BCUT2D eigenvalue weighted by Crippen LogP contribution is -2.36. The number of benzene rings is 1. The maximum absolute atomic E-state index is 12.4. The van der Waals surface area contributed by atoms with Gasteiger partial charge < -0.3 is 9.64 Å². The van der Waals surface area contributed by atoms with Gasteiger partial charge in [0.15, 0.2) is 5.65 Å². The van der Waals surface area contributed by atoms with Crippen LogP contribution in [0.2, 0.25) is 0 Å². The lowest BCUT2D eigenvalue weighted by molar-refractivity contribution is -0.129. The number of nitrogens with zero attached hydrogens (tertiary/aromatic N) is 5. The van der Waals surface area contributed by atoms with Crippen LogP contribution in [-0.4, -0.2) is 56.6 Å². The lowest BCUT2D eigenvalue weighted by atomic mass is 10.1. The molecule has 7 nitrogen and oxygen atoms in total. The standard InChI is InChI=1S/C19H21N5O2S/c1-26-15-7-5-14(6-8-15)16-9-10-17-20-21-19(24(17)22-16)27-13-18(25)23-11-3-2-4-12-23/h5-10H,2-4,11-13H2,1H3. The van der Waals surface area contributed by atoms with Crippen molar-refractivity contribution in [2.24, 2.45) is 0 Å². The van der Waals surface area contributed by atoms with Crippen molar-refractivity contribution in [3.05, 3.63) is 36.4 Å². The zero-order chi connectivity index (χ0) is 18.6. The lowest BCUT2D eigenvalue weighted by Gasteiger charge is -2.26. The Hall–Kier alpha value is -2.61. The molecule has 0 spiro atoms. The van der Waals surface area contributed by atoms with Crippen molar-refractivity contribution in [2.75, 3.05) is 26.0 Å². The molecule has 4 rings (SSSR count). The molecule has 0 saturated carbocycles. The Bertz CT molecular complexity index is 935. The summed E-state index contributed by atoms with van der Waals surface area (Å²) >= 11 is 1.38. The van der Waals surface area contributed by atoms with Gasteiger partial charge in [0.25, 0.3) is 0 Å². The van der Waals surface area contributed by atoms with Gasteiger partial charge in [-0.2, -0.15) is 9.61 Å². The van der Waals surface area contributed by atoms with E-state index in [2.05, 4.69) is 15.3 Å². The number of carbonyl (C=O) groups is 1. The van der Waals surface area contributed by atoms with Gasteiger partial charge >= 0.3 is 0 Å². The Morgan fingerprint density at radius 2 is 1.85 bits per heavy atom. The number of aromatic nitrogens is 4. The van der Waals surface area contributed by atoms with Crippen LogP contribution in [-0.2, 0) is 4.79 Å². The van der Waals surface area contributed by atoms with Gasteiger partial charge in [-0.05, 0) is 55.7 Å². The maximum atomic E-state index is 12.4. The number of fused-ring (bicyclic) bond motifs is 1. The highest BCUT2D eigenvalue weighted by Crippen LogP contribution is 2.23. The van der Waals surface area contributed by atoms with E-state index in [0.29, 0.717) is 16.6 Å². The summed E-state index contributed by atoms with van der Waals surface area (Å²) in [5, 5.41) is 13.6. The summed E-state index contributed by atoms with van der Waals surface area (Å²) < 4.78 is 6.90. The van der Waals surface area contributed by atoms with Crippen molar-refractivity contribution in [3.63, 3.8) is 0 Å². The van der Waals surface area contributed by atoms with Crippen molar-refractivity contribution in [3.8, 4) is 17.0 Å². The average molecular weight is 383 g/mol. The van der Waals surface area contributed by atoms with Crippen LogP contribution in [0.4, 0.5) is 0 Å². The molecule has 2 aromatic heterocycles. The number of thioether (sulfide) groups is 1. The smallest absolute Gasteiger partial charge is 0.233 e. The Kier molecular flexibility index (Phi) is 5.24. The van der Waals surface area contributed by atoms with Crippen LogP contribution in [0.1, 0.15) is 19.3 Å². The Balaban J connectivity index is 1.52. The fourth-order valence-corrected chi connectivity index (χ4v) is 3.93. The first-order chi connectivity index (χ1) is 13.2. The molecule has 1 saturated heterocycles. The molecular formula is C19H21N5O2S. The first-order valence-corrected chi connectivity index (χ1v) is 10.0. The second kappa shape index (κ2) is 7.96. The highest BCUT2D eigenvalue weighted by atomic mass is 32.2. The average Bonchev–Trinajstić information content (AvgIpc) is 3.15. The summed E-state index contributed by atoms with van der Waals surface area (Å²) in [5.74, 6) is 1.31. The molecule has 0 N–H and O–H groups in total. The first kappa shape index (κ1) is 17.8. The molecule has 0 atom stereocenters. The normalized spacial score (nSPS) is 14.5. The number of rotatable bonds is 5. The van der Waals surface area contributed by atoms with E-state index >= 15 is 0 Å². The van der Waals surface area contributed by atoms with Crippen molar-refractivity contribution in [2.45, 2.75) is 24.4 Å². The molecule has 140 valence electrons. The Morgan fingerprint density at radius 3 is 2.59 bits per heavy atom. The monoisotopic (exact) mass is 383 g/mol. The topological polar surface area (TPSA) is 72.6 Å². The van der Waals surface area contributed by atoms with Crippen LogP contribution in [0.3, 0.4) is 0 Å². The van der Waals surface area contributed by atoms with E-state index in [0.717, 1.165) is 42.9 Å². The van der Waals surface area contributed by atoms with Gasteiger partial charge in [-0.15, -0.1) is 10.2 Å². The van der Waals surface area contributed by atoms with E-state index in [-0.39, 0.29) is 5.91 Å². The zero-order valence-corrected chi connectivity index (χ0v) is 16.0. The van der Waals surface area contributed by atoms with E-state index in [9.17, 15) is 4.79 Å². The van der Waals surface area contributed by atoms with Gasteiger partial charge in [0.05, 0.1) is 18.6 Å². The van der Waals surface area contributed by atoms with Crippen LogP contribution < -0.4 is 4.74 Å². The number of piperidine rings is 1. The summed E-state index contributed by atoms with van der Waals surface area (Å²) in [6, 6.07) is 11.5. The molecule has 3 heterocycles. The minimum Gasteiger partial charge on any atom is -0.497 e. The quantitative estimate of drug-likeness (QED) is 0.631. The highest BCUT2D eigenvalue weighted by molar-refractivity contribution is 7.99. The number of methoxy groups -OCH3 is 1. The minimum atomic E-state index is 0.155. The molecule has 0 radical (unpaired) electrons. The van der Waals surface area contributed by atoms with E-state index in [1.54, 1.807) is 11.6 Å². The molecule has 0 bridgehead atoms. The van der Waals surface area contributed by atoms with Crippen molar-refractivity contribution in [1.82, 2.24) is 24.7 Å². The predicted molar refractivity (Wildman–Crippen MR) is 104 cm³/mol. The Labute approximate surface area is 161 Å². The summed E-state index contributed by atoms with van der Waals surface area (Å²) in [6.07, 6.45) is 3.40. The number of ether oxygens (including phenoxy) is 1. The van der Waals surface area contributed by atoms with Gasteiger partial charge in [-0.3, -0.25) is 4.79 Å². The third kappa shape index (κ3) is 3.90. The van der Waals surface area contributed by atoms with Crippen LogP contribution in [0.25, 0.3) is 16.9 Å². The second-order valence-corrected chi connectivity index (χ2v) is 7.37. The number of hydrogen-bond acceptors (Lipinski definition) is 6. The van der Waals surface area contributed by atoms with E-state index in [1.165, 1.54) is 18.2 Å². The van der Waals surface area contributed by atoms with Crippen LogP contribution >= 0.6 is 11.8 Å². The van der Waals surface area contributed by atoms with E-state index in [1.807, 2.05) is 41.3 Å². The van der Waals surface area contributed by atoms with Crippen LogP contribution in [0.5, 0.6) is 5.75 Å². The van der Waals surface area contributed by atoms with Gasteiger partial charge in [0, 0.05) is 18.7 Å². The predicted octanol–water partition coefficient (Wildman–Crippen LogP) is 2.90. The molecule has 0 aliphatic carbocycles. The summed E-state index contributed by atoms with van der Waals surface area (Å²) in [5.41, 5.74) is 2.46. The molecule has 1 aromatic carbocycles. The summed E-state index contributed by atoms with van der Waals surface area (Å²) in [4.78, 5) is 14.3. The van der Waals surface area contributed by atoms with Crippen molar-refractivity contribution >= 4 is 23.3 Å². The van der Waals surface area contributed by atoms with E-state index < -0.39 is 0 Å². The first-order valence-electron chi connectivity index (χ1n) is 9.02. The fraction of sp³-hybridized carbons (Fsp3) is 0.368.